The third-order valence-electron chi connectivity index (χ3n) is 5.48. The summed E-state index contributed by atoms with van der Waals surface area (Å²) in [6, 6.07) is 9.40. The highest BCUT2D eigenvalue weighted by molar-refractivity contribution is 7.17. The Morgan fingerprint density at radius 2 is 2.07 bits per heavy atom. The van der Waals surface area contributed by atoms with Gasteiger partial charge in [-0.05, 0) is 30.5 Å². The van der Waals surface area contributed by atoms with Gasteiger partial charge < -0.3 is 15.5 Å². The lowest BCUT2D eigenvalue weighted by molar-refractivity contribution is 0.0210. The predicted octanol–water partition coefficient (Wildman–Crippen LogP) is 3.81. The van der Waals surface area contributed by atoms with E-state index in [4.69, 9.17) is 16.7 Å². The van der Waals surface area contributed by atoms with Gasteiger partial charge >= 0.3 is 0 Å². The summed E-state index contributed by atoms with van der Waals surface area (Å²) >= 11 is 7.74. The summed E-state index contributed by atoms with van der Waals surface area (Å²) in [5.41, 5.74) is 2.59. The third kappa shape index (κ3) is 2.86. The van der Waals surface area contributed by atoms with Gasteiger partial charge in [-0.15, -0.1) is 11.3 Å². The Morgan fingerprint density at radius 1 is 1.21 bits per heavy atom. The van der Waals surface area contributed by atoms with Crippen LogP contribution in [0.25, 0.3) is 27.0 Å². The molecule has 6 nitrogen and oxygen atoms in total. The lowest BCUT2D eigenvalue weighted by atomic mass is 10.1. The molecule has 0 radical (unpaired) electrons. The Bertz CT molecular complexity index is 1170. The molecule has 0 saturated heterocycles. The molecule has 3 heterocycles. The van der Waals surface area contributed by atoms with E-state index in [1.54, 1.807) is 22.0 Å². The Kier molecular flexibility index (Phi) is 4.28. The summed E-state index contributed by atoms with van der Waals surface area (Å²) in [5, 5.41) is 32.3. The zero-order valence-corrected chi connectivity index (χ0v) is 16.7. The lowest BCUT2D eigenvalue weighted by Gasteiger charge is -2.19. The normalized spacial score (nSPS) is 25.0. The van der Waals surface area contributed by atoms with Gasteiger partial charge in [-0.3, -0.25) is 0 Å². The fraction of sp³-hybridized carbons (Fsp3) is 0.300. The molecule has 3 aromatic heterocycles. The van der Waals surface area contributed by atoms with E-state index in [0.717, 1.165) is 37.8 Å². The average molecular weight is 415 g/mol. The van der Waals surface area contributed by atoms with Crippen molar-refractivity contribution in [2.75, 3.05) is 5.32 Å². The molecule has 5 rings (SSSR count). The molecule has 144 valence electrons. The molecule has 3 N–H and O–H groups in total. The van der Waals surface area contributed by atoms with Crippen molar-refractivity contribution < 1.29 is 10.2 Å². The minimum Gasteiger partial charge on any atom is -0.390 e. The number of fused-ring (bicyclic) bond motifs is 2. The van der Waals surface area contributed by atoms with Crippen LogP contribution in [0, 0.1) is 5.92 Å². The number of aromatic nitrogens is 3. The summed E-state index contributed by atoms with van der Waals surface area (Å²) in [5.74, 6) is 0.784. The number of nitrogens with one attached hydrogen (secondary N) is 1. The second kappa shape index (κ2) is 6.70. The highest BCUT2D eigenvalue weighted by Gasteiger charge is 2.39. The van der Waals surface area contributed by atoms with Crippen LogP contribution in [0.2, 0.25) is 5.02 Å². The second-order valence-corrected chi connectivity index (χ2v) is 8.71. The minimum absolute atomic E-state index is 0.0435. The largest absolute Gasteiger partial charge is 0.390 e. The monoisotopic (exact) mass is 414 g/mol. The van der Waals surface area contributed by atoms with Crippen LogP contribution in [0.1, 0.15) is 13.3 Å². The fourth-order valence-corrected chi connectivity index (χ4v) is 5.15. The van der Waals surface area contributed by atoms with Gasteiger partial charge in [0.05, 0.1) is 17.8 Å². The molecule has 0 amide bonds. The Balaban J connectivity index is 1.54. The van der Waals surface area contributed by atoms with Gasteiger partial charge in [0.1, 0.15) is 11.9 Å². The number of benzene rings is 1. The highest BCUT2D eigenvalue weighted by atomic mass is 35.5. The van der Waals surface area contributed by atoms with Crippen LogP contribution in [0.15, 0.2) is 41.9 Å². The summed E-state index contributed by atoms with van der Waals surface area (Å²) < 4.78 is 2.86. The van der Waals surface area contributed by atoms with Gasteiger partial charge in [0.15, 0.2) is 5.65 Å². The van der Waals surface area contributed by atoms with Crippen molar-refractivity contribution in [1.29, 1.82) is 0 Å². The van der Waals surface area contributed by atoms with E-state index in [9.17, 15) is 10.2 Å². The molecule has 0 spiro atoms. The number of nitrogens with zero attached hydrogens (tertiary/aromatic N) is 3. The Hall–Kier alpha value is -2.19. The molecular formula is C20H19ClN4O2S. The first kappa shape index (κ1) is 17.9. The van der Waals surface area contributed by atoms with Crippen LogP contribution in [-0.4, -0.2) is 43.1 Å². The predicted molar refractivity (Wildman–Crippen MR) is 112 cm³/mol. The van der Waals surface area contributed by atoms with Crippen molar-refractivity contribution in [1.82, 2.24) is 14.6 Å². The maximum atomic E-state index is 10.3. The maximum Gasteiger partial charge on any atom is 0.157 e. The number of aliphatic hydroxyl groups is 2. The third-order valence-corrected chi connectivity index (χ3v) is 6.66. The summed E-state index contributed by atoms with van der Waals surface area (Å²) in [6.07, 6.45) is 0.886. The van der Waals surface area contributed by atoms with Gasteiger partial charge in [-0.25, -0.2) is 4.98 Å². The van der Waals surface area contributed by atoms with Crippen LogP contribution in [0.5, 0.6) is 0 Å². The quantitative estimate of drug-likeness (QED) is 0.475. The molecule has 1 fully saturated rings. The Labute approximate surface area is 170 Å². The van der Waals surface area contributed by atoms with Crippen molar-refractivity contribution in [2.45, 2.75) is 31.6 Å². The van der Waals surface area contributed by atoms with Crippen molar-refractivity contribution in [3.05, 3.63) is 46.9 Å². The first-order valence-electron chi connectivity index (χ1n) is 9.16. The average Bonchev–Trinajstić information content (AvgIpc) is 3.35. The molecule has 1 aliphatic carbocycles. The van der Waals surface area contributed by atoms with E-state index in [0.29, 0.717) is 6.42 Å². The molecule has 4 aromatic rings. The molecular weight excluding hydrogens is 396 g/mol. The van der Waals surface area contributed by atoms with Gasteiger partial charge in [-0.2, -0.15) is 9.61 Å². The van der Waals surface area contributed by atoms with Crippen molar-refractivity contribution in [3.8, 4) is 11.3 Å². The second-order valence-electron chi connectivity index (χ2n) is 7.36. The maximum absolute atomic E-state index is 10.3. The van der Waals surface area contributed by atoms with Crippen LogP contribution in [0.4, 0.5) is 5.82 Å². The zero-order chi connectivity index (χ0) is 19.4. The number of hydrogen-bond donors (Lipinski definition) is 3. The van der Waals surface area contributed by atoms with E-state index in [2.05, 4.69) is 15.7 Å². The van der Waals surface area contributed by atoms with Gasteiger partial charge in [0, 0.05) is 38.3 Å². The molecule has 1 aliphatic rings. The summed E-state index contributed by atoms with van der Waals surface area (Å²) in [7, 11) is 0. The molecule has 1 saturated carbocycles. The topological polar surface area (TPSA) is 82.7 Å². The number of rotatable bonds is 3. The van der Waals surface area contributed by atoms with Crippen LogP contribution >= 0.6 is 22.9 Å². The molecule has 28 heavy (non-hydrogen) atoms. The van der Waals surface area contributed by atoms with E-state index in [-0.39, 0.29) is 12.0 Å². The van der Waals surface area contributed by atoms with Crippen LogP contribution < -0.4 is 5.32 Å². The van der Waals surface area contributed by atoms with Crippen molar-refractivity contribution in [2.24, 2.45) is 5.92 Å². The van der Waals surface area contributed by atoms with Crippen molar-refractivity contribution >= 4 is 44.5 Å². The smallest absolute Gasteiger partial charge is 0.157 e. The van der Waals surface area contributed by atoms with Crippen LogP contribution in [-0.2, 0) is 0 Å². The van der Waals surface area contributed by atoms with Crippen molar-refractivity contribution in [3.63, 3.8) is 0 Å². The molecule has 0 bridgehead atoms. The number of aliphatic hydroxyl groups excluding tert-OH is 2. The molecule has 1 aromatic carbocycles. The number of anilines is 1. The number of hydrogen-bond acceptors (Lipinski definition) is 6. The first-order chi connectivity index (χ1) is 13.5. The number of thiophene rings is 1. The van der Waals surface area contributed by atoms with Crippen LogP contribution in [0.3, 0.4) is 0 Å². The molecule has 8 heteroatoms. The van der Waals surface area contributed by atoms with E-state index in [1.165, 1.54) is 0 Å². The molecule has 4 atom stereocenters. The number of halogens is 1. The SMILES string of the molecule is C[C@@H]1C[C@@H](Nc2ccnc3cc(-c4csc5cc(Cl)ccc45)nn23)[C@H](O)[C@@H]1O. The zero-order valence-electron chi connectivity index (χ0n) is 15.1. The van der Waals surface area contributed by atoms with E-state index < -0.39 is 12.2 Å². The molecule has 0 aliphatic heterocycles. The lowest BCUT2D eigenvalue weighted by Crippen LogP contribution is -2.35. The minimum atomic E-state index is -0.807. The van der Waals surface area contributed by atoms with Gasteiger partial charge in [0.25, 0.3) is 0 Å². The summed E-state index contributed by atoms with van der Waals surface area (Å²) in [4.78, 5) is 4.42. The summed E-state index contributed by atoms with van der Waals surface area (Å²) in [6.45, 7) is 1.94. The molecule has 0 unspecified atom stereocenters. The fourth-order valence-electron chi connectivity index (χ4n) is 3.92. The van der Waals surface area contributed by atoms with E-state index in [1.807, 2.05) is 37.3 Å². The first-order valence-corrected chi connectivity index (χ1v) is 10.4. The highest BCUT2D eigenvalue weighted by Crippen LogP contribution is 2.35. The Morgan fingerprint density at radius 3 is 2.86 bits per heavy atom. The van der Waals surface area contributed by atoms with E-state index >= 15 is 0 Å². The van der Waals surface area contributed by atoms with Gasteiger partial charge in [-0.1, -0.05) is 24.6 Å². The standard InChI is InChI=1S/C20H19ClN4O2S/c1-10-6-15(20(27)19(10)26)23-17-4-5-22-18-8-14(24-25(17)18)13-9-28-16-7-11(21)2-3-12(13)16/h2-5,7-10,15,19-20,23,26-27H,6H2,1H3/t10-,15-,19-,20+/m1/s1. The van der Waals surface area contributed by atoms with Gasteiger partial charge in [0.2, 0.25) is 0 Å².